The van der Waals surface area contributed by atoms with E-state index in [9.17, 15) is 0 Å². The molecule has 0 spiro atoms. The normalized spacial score (nSPS) is 19.6. The predicted molar refractivity (Wildman–Crippen MR) is 34.6 cm³/mol. The quantitative estimate of drug-likeness (QED) is 0.599. The number of halogens is 1. The summed E-state index contributed by atoms with van der Waals surface area (Å²) in [6.07, 6.45) is -0.0128. The number of rotatable bonds is 0. The molecule has 0 fully saturated rings. The monoisotopic (exact) mass is 181 g/mol. The Morgan fingerprint density at radius 1 is 2.29 bits per heavy atom. The number of hydrogen-bond donors (Lipinski definition) is 0. The SMILES string of the molecule is [2H]c1nc(C([2H])([2H])[2H])sc1Br. The van der Waals surface area contributed by atoms with Crippen molar-refractivity contribution in [3.05, 3.63) is 15.0 Å². The summed E-state index contributed by atoms with van der Waals surface area (Å²) in [5, 5.41) is 0.00868. The van der Waals surface area contributed by atoms with E-state index in [0.29, 0.717) is 3.79 Å². The first kappa shape index (κ1) is 2.15. The maximum Gasteiger partial charge on any atom is 0.0905 e. The highest BCUT2D eigenvalue weighted by Crippen LogP contribution is 2.17. The van der Waals surface area contributed by atoms with Crippen LogP contribution in [0.5, 0.6) is 0 Å². The van der Waals surface area contributed by atoms with E-state index in [1.165, 1.54) is 0 Å². The summed E-state index contributed by atoms with van der Waals surface area (Å²) < 4.78 is 28.5. The molecule has 1 heterocycles. The zero-order valence-electron chi connectivity index (χ0n) is 7.23. The van der Waals surface area contributed by atoms with Crippen LogP contribution >= 0.6 is 27.3 Å². The molecular weight excluding hydrogens is 174 g/mol. The molecule has 1 aromatic heterocycles. The van der Waals surface area contributed by atoms with Gasteiger partial charge in [0.1, 0.15) is 0 Å². The van der Waals surface area contributed by atoms with E-state index in [0.717, 1.165) is 11.3 Å². The third-order valence-corrected chi connectivity index (χ3v) is 1.65. The van der Waals surface area contributed by atoms with Gasteiger partial charge in [0.25, 0.3) is 0 Å². The third-order valence-electron chi connectivity index (χ3n) is 0.432. The van der Waals surface area contributed by atoms with E-state index in [4.69, 9.17) is 5.48 Å². The molecule has 0 saturated heterocycles. The van der Waals surface area contributed by atoms with E-state index < -0.39 is 6.85 Å². The molecule has 0 unspecified atom stereocenters. The molecule has 0 aliphatic rings. The molecule has 0 radical (unpaired) electrons. The summed E-state index contributed by atoms with van der Waals surface area (Å²) >= 11 is 4.00. The van der Waals surface area contributed by atoms with Gasteiger partial charge in [0, 0.05) is 4.11 Å². The predicted octanol–water partition coefficient (Wildman–Crippen LogP) is 2.21. The van der Waals surface area contributed by atoms with Crippen LogP contribution < -0.4 is 0 Å². The second-order valence-corrected chi connectivity index (χ2v) is 3.22. The number of nitrogens with zero attached hydrogens (tertiary/aromatic N) is 1. The van der Waals surface area contributed by atoms with Crippen molar-refractivity contribution < 1.29 is 5.48 Å². The topological polar surface area (TPSA) is 12.9 Å². The van der Waals surface area contributed by atoms with Crippen molar-refractivity contribution in [3.63, 3.8) is 0 Å². The van der Waals surface area contributed by atoms with Crippen LogP contribution in [0.15, 0.2) is 9.96 Å². The molecule has 0 aliphatic heterocycles. The zero-order valence-corrected chi connectivity index (χ0v) is 5.64. The van der Waals surface area contributed by atoms with E-state index in [-0.39, 0.29) is 11.2 Å². The molecule has 7 heavy (non-hydrogen) atoms. The minimum absolute atomic E-state index is 0.00868. The van der Waals surface area contributed by atoms with Gasteiger partial charge in [-0.2, -0.15) is 0 Å². The Balaban J connectivity index is 3.08. The molecule has 0 aromatic carbocycles. The van der Waals surface area contributed by atoms with Gasteiger partial charge < -0.3 is 0 Å². The van der Waals surface area contributed by atoms with Crippen LogP contribution in [0.1, 0.15) is 10.5 Å². The van der Waals surface area contributed by atoms with Crippen molar-refractivity contribution in [3.8, 4) is 0 Å². The molecule has 1 aromatic rings. The van der Waals surface area contributed by atoms with E-state index in [1.807, 2.05) is 0 Å². The number of aromatic nitrogens is 1. The second-order valence-electron chi connectivity index (χ2n) is 0.905. The maximum atomic E-state index is 7.12. The first-order valence-electron chi connectivity index (χ1n) is 3.54. The standard InChI is InChI=1S/C4H4BrNS/c1-3-6-2-4(5)7-3/h2H,1H3/i1D3,2D. The molecular formula is C4H4BrNS. The molecule has 0 aliphatic carbocycles. The molecule has 0 amide bonds. The molecule has 38 valence electrons. The van der Waals surface area contributed by atoms with Gasteiger partial charge in [0.15, 0.2) is 0 Å². The summed E-state index contributed by atoms with van der Waals surface area (Å²) in [5.41, 5.74) is 0. The van der Waals surface area contributed by atoms with Crippen molar-refractivity contribution in [2.75, 3.05) is 0 Å². The largest absolute Gasteiger partial charge is 0.249 e. The van der Waals surface area contributed by atoms with Gasteiger partial charge in [-0.05, 0) is 22.8 Å². The number of aryl methyl sites for hydroxylation is 1. The van der Waals surface area contributed by atoms with Gasteiger partial charge >= 0.3 is 0 Å². The smallest absolute Gasteiger partial charge is 0.0905 e. The maximum absolute atomic E-state index is 7.12. The highest BCUT2D eigenvalue weighted by atomic mass is 79.9. The highest BCUT2D eigenvalue weighted by Gasteiger charge is 1.88. The van der Waals surface area contributed by atoms with Crippen LogP contribution in [0.2, 0.25) is 0 Å². The van der Waals surface area contributed by atoms with Crippen molar-refractivity contribution in [1.29, 1.82) is 0 Å². The minimum Gasteiger partial charge on any atom is -0.249 e. The Labute approximate surface area is 60.1 Å². The van der Waals surface area contributed by atoms with Crippen molar-refractivity contribution >= 4 is 27.3 Å². The zero-order chi connectivity index (χ0) is 8.65. The highest BCUT2D eigenvalue weighted by molar-refractivity contribution is 9.11. The summed E-state index contributed by atoms with van der Waals surface area (Å²) in [6.45, 7) is -2.19. The molecule has 0 N–H and O–H groups in total. The second kappa shape index (κ2) is 1.92. The van der Waals surface area contributed by atoms with Gasteiger partial charge in [-0.1, -0.05) is 0 Å². The van der Waals surface area contributed by atoms with Crippen molar-refractivity contribution in [2.45, 2.75) is 6.85 Å². The van der Waals surface area contributed by atoms with E-state index >= 15 is 0 Å². The summed E-state index contributed by atoms with van der Waals surface area (Å²) in [5.74, 6) is 0. The van der Waals surface area contributed by atoms with Gasteiger partial charge in [-0.25, -0.2) is 4.98 Å². The van der Waals surface area contributed by atoms with E-state index in [1.54, 1.807) is 0 Å². The Morgan fingerprint density at radius 3 is 3.43 bits per heavy atom. The number of hydrogen-bond acceptors (Lipinski definition) is 2. The number of thiazole rings is 1. The Bertz CT molecular complexity index is 248. The van der Waals surface area contributed by atoms with Crippen LogP contribution in [0, 0.1) is 6.85 Å². The van der Waals surface area contributed by atoms with Gasteiger partial charge in [0.05, 0.1) is 16.3 Å². The average molecular weight is 182 g/mol. The molecule has 1 rings (SSSR count). The van der Waals surface area contributed by atoms with Crippen LogP contribution in [-0.2, 0) is 0 Å². The van der Waals surface area contributed by atoms with Crippen LogP contribution in [-0.4, -0.2) is 4.98 Å². The summed E-state index contributed by atoms with van der Waals surface area (Å²) in [7, 11) is 0. The van der Waals surface area contributed by atoms with Crippen molar-refractivity contribution in [2.24, 2.45) is 0 Å². The molecule has 0 atom stereocenters. The summed E-state index contributed by atoms with van der Waals surface area (Å²) in [4.78, 5) is 3.56. The third kappa shape index (κ3) is 1.24. The Hall–Kier alpha value is 0.110. The molecule has 1 nitrogen and oxygen atoms in total. The van der Waals surface area contributed by atoms with Crippen molar-refractivity contribution in [1.82, 2.24) is 4.98 Å². The van der Waals surface area contributed by atoms with Gasteiger partial charge in [0.2, 0.25) is 0 Å². The van der Waals surface area contributed by atoms with Crippen LogP contribution in [0.4, 0.5) is 0 Å². The average Bonchev–Trinajstić information content (AvgIpc) is 2.11. The van der Waals surface area contributed by atoms with Crippen LogP contribution in [0.3, 0.4) is 0 Å². The lowest BCUT2D eigenvalue weighted by Gasteiger charge is -1.67. The Kier molecular flexibility index (Phi) is 0.591. The lowest BCUT2D eigenvalue weighted by atomic mass is 10.8. The van der Waals surface area contributed by atoms with Crippen LogP contribution in [0.25, 0.3) is 0 Å². The molecule has 0 bridgehead atoms. The Morgan fingerprint density at radius 2 is 3.14 bits per heavy atom. The fourth-order valence-electron chi connectivity index (χ4n) is 0.225. The first-order valence-corrected chi connectivity index (χ1v) is 3.15. The fraction of sp³-hybridized carbons (Fsp3) is 0.250. The minimum atomic E-state index is -2.19. The fourth-order valence-corrected chi connectivity index (χ4v) is 1.13. The van der Waals surface area contributed by atoms with Gasteiger partial charge in [-0.3, -0.25) is 0 Å². The summed E-state index contributed by atoms with van der Waals surface area (Å²) in [6, 6.07) is 0. The first-order chi connectivity index (χ1) is 4.91. The van der Waals surface area contributed by atoms with E-state index in [2.05, 4.69) is 20.9 Å². The van der Waals surface area contributed by atoms with Gasteiger partial charge in [-0.15, -0.1) is 11.3 Å². The lowest BCUT2D eigenvalue weighted by Crippen LogP contribution is -1.56. The lowest BCUT2D eigenvalue weighted by molar-refractivity contribution is 1.29. The molecule has 0 saturated carbocycles. The molecule has 3 heteroatoms.